The Bertz CT molecular complexity index is 569. The molecule has 0 saturated carbocycles. The van der Waals surface area contributed by atoms with Crippen LogP contribution in [0.5, 0.6) is 0 Å². The van der Waals surface area contributed by atoms with Crippen molar-refractivity contribution in [2.45, 2.75) is 4.90 Å². The van der Waals surface area contributed by atoms with Crippen LogP contribution in [-0.4, -0.2) is 32.9 Å². The number of thiocarbonyl (C=S) groups is 1. The van der Waals surface area contributed by atoms with Gasteiger partial charge in [0.25, 0.3) is 0 Å². The second-order valence-electron chi connectivity index (χ2n) is 3.36. The number of hydrogen-bond donors (Lipinski definition) is 3. The highest BCUT2D eigenvalue weighted by molar-refractivity contribution is 7.89. The van der Waals surface area contributed by atoms with Crippen LogP contribution in [0.1, 0.15) is 5.56 Å². The molecule has 0 saturated heterocycles. The molecule has 1 aromatic carbocycles. The molecule has 0 bridgehead atoms. The van der Waals surface area contributed by atoms with Gasteiger partial charge in [-0.15, -0.1) is 0 Å². The van der Waals surface area contributed by atoms with Gasteiger partial charge >= 0.3 is 0 Å². The summed E-state index contributed by atoms with van der Waals surface area (Å²) in [7, 11) is -2.40. The van der Waals surface area contributed by atoms with E-state index < -0.39 is 15.9 Å². The van der Waals surface area contributed by atoms with Crippen molar-refractivity contribution in [2.75, 3.05) is 13.6 Å². The van der Waals surface area contributed by atoms with E-state index in [2.05, 4.69) is 10.0 Å². The van der Waals surface area contributed by atoms with Crippen LogP contribution in [0.25, 0.3) is 0 Å². The summed E-state index contributed by atoms with van der Waals surface area (Å²) in [6.45, 7) is -0.343. The third-order valence-corrected chi connectivity index (χ3v) is 3.82. The van der Waals surface area contributed by atoms with Crippen molar-refractivity contribution in [2.24, 2.45) is 5.73 Å². The second kappa shape index (κ2) is 5.89. The van der Waals surface area contributed by atoms with Gasteiger partial charge in [-0.05, 0) is 6.07 Å². The zero-order valence-electron chi connectivity index (χ0n) is 9.64. The summed E-state index contributed by atoms with van der Waals surface area (Å²) in [4.78, 5) is 11.0. The van der Waals surface area contributed by atoms with E-state index in [9.17, 15) is 13.2 Å². The number of sulfonamides is 1. The van der Waals surface area contributed by atoms with Crippen molar-refractivity contribution < 1.29 is 13.2 Å². The first-order chi connectivity index (χ1) is 8.38. The molecule has 0 aliphatic rings. The fourth-order valence-corrected chi connectivity index (χ4v) is 2.68. The molecule has 4 N–H and O–H groups in total. The SMILES string of the molecule is CNC(=O)CNS(=O)(=O)c1ccccc1C(N)=S. The van der Waals surface area contributed by atoms with E-state index in [1.54, 1.807) is 12.1 Å². The third-order valence-electron chi connectivity index (χ3n) is 2.14. The molecule has 0 atom stereocenters. The zero-order valence-corrected chi connectivity index (χ0v) is 11.3. The van der Waals surface area contributed by atoms with Gasteiger partial charge < -0.3 is 11.1 Å². The van der Waals surface area contributed by atoms with Crippen LogP contribution in [0.15, 0.2) is 29.2 Å². The van der Waals surface area contributed by atoms with E-state index in [1.165, 1.54) is 19.2 Å². The lowest BCUT2D eigenvalue weighted by molar-refractivity contribution is -0.119. The van der Waals surface area contributed by atoms with Gasteiger partial charge in [-0.25, -0.2) is 13.1 Å². The molecule has 6 nitrogen and oxygen atoms in total. The molecule has 0 aliphatic heterocycles. The van der Waals surface area contributed by atoms with Crippen LogP contribution in [0.3, 0.4) is 0 Å². The molecule has 0 fully saturated rings. The molecule has 0 heterocycles. The van der Waals surface area contributed by atoms with E-state index in [4.69, 9.17) is 18.0 Å². The first-order valence-corrected chi connectivity index (χ1v) is 6.86. The lowest BCUT2D eigenvalue weighted by Crippen LogP contribution is -2.35. The van der Waals surface area contributed by atoms with Crippen LogP contribution < -0.4 is 15.8 Å². The van der Waals surface area contributed by atoms with Crippen molar-refractivity contribution in [3.8, 4) is 0 Å². The van der Waals surface area contributed by atoms with Gasteiger partial charge in [-0.2, -0.15) is 0 Å². The molecule has 1 amide bonds. The van der Waals surface area contributed by atoms with E-state index in [0.717, 1.165) is 0 Å². The highest BCUT2D eigenvalue weighted by Gasteiger charge is 2.19. The Balaban J connectivity index is 3.05. The second-order valence-corrected chi connectivity index (χ2v) is 5.53. The van der Waals surface area contributed by atoms with Gasteiger partial charge in [-0.1, -0.05) is 30.4 Å². The number of carbonyl (C=O) groups is 1. The minimum atomic E-state index is -3.82. The van der Waals surface area contributed by atoms with Crippen LogP contribution in [0.2, 0.25) is 0 Å². The molecule has 8 heteroatoms. The lowest BCUT2D eigenvalue weighted by atomic mass is 10.2. The zero-order chi connectivity index (χ0) is 13.8. The molecular formula is C10H13N3O3S2. The van der Waals surface area contributed by atoms with Crippen molar-refractivity contribution in [3.63, 3.8) is 0 Å². The minimum Gasteiger partial charge on any atom is -0.389 e. The summed E-state index contributed by atoms with van der Waals surface area (Å²) in [5.41, 5.74) is 5.70. The normalized spacial score (nSPS) is 10.9. The molecule has 1 rings (SSSR count). The Morgan fingerprint density at radius 2 is 2.00 bits per heavy atom. The molecular weight excluding hydrogens is 274 g/mol. The molecule has 0 radical (unpaired) electrons. The third kappa shape index (κ3) is 3.49. The molecule has 98 valence electrons. The minimum absolute atomic E-state index is 0.0177. The van der Waals surface area contributed by atoms with Crippen LogP contribution in [0, 0.1) is 0 Å². The Morgan fingerprint density at radius 1 is 1.39 bits per heavy atom. The van der Waals surface area contributed by atoms with Crippen molar-refractivity contribution in [1.82, 2.24) is 10.0 Å². The molecule has 1 aromatic rings. The molecule has 0 aliphatic carbocycles. The predicted octanol–water partition coefficient (Wildman–Crippen LogP) is -0.655. The van der Waals surface area contributed by atoms with Crippen molar-refractivity contribution in [1.29, 1.82) is 0 Å². The largest absolute Gasteiger partial charge is 0.389 e. The predicted molar refractivity (Wildman–Crippen MR) is 71.6 cm³/mol. The van der Waals surface area contributed by atoms with E-state index in [-0.39, 0.29) is 22.0 Å². The van der Waals surface area contributed by atoms with E-state index >= 15 is 0 Å². The highest BCUT2D eigenvalue weighted by atomic mass is 32.2. The Hall–Kier alpha value is -1.51. The fraction of sp³-hybridized carbons (Fsp3) is 0.200. The van der Waals surface area contributed by atoms with E-state index in [0.29, 0.717) is 0 Å². The molecule has 0 spiro atoms. The number of nitrogens with one attached hydrogen (secondary N) is 2. The molecule has 18 heavy (non-hydrogen) atoms. The highest BCUT2D eigenvalue weighted by Crippen LogP contribution is 2.14. The smallest absolute Gasteiger partial charge is 0.241 e. The maximum absolute atomic E-state index is 12.0. The summed E-state index contributed by atoms with van der Waals surface area (Å²) in [5, 5.41) is 2.31. The summed E-state index contributed by atoms with van der Waals surface area (Å²) < 4.78 is 26.1. The summed E-state index contributed by atoms with van der Waals surface area (Å²) in [6.07, 6.45) is 0. The number of rotatable bonds is 5. The average Bonchev–Trinajstić information content (AvgIpc) is 2.36. The van der Waals surface area contributed by atoms with Gasteiger partial charge in [0.2, 0.25) is 15.9 Å². The van der Waals surface area contributed by atoms with Crippen LogP contribution >= 0.6 is 12.2 Å². The molecule has 0 unspecified atom stereocenters. The van der Waals surface area contributed by atoms with Gasteiger partial charge in [0.05, 0.1) is 11.4 Å². The van der Waals surface area contributed by atoms with Gasteiger partial charge in [0.15, 0.2) is 0 Å². The Labute approximate surface area is 111 Å². The number of amides is 1. The summed E-state index contributed by atoms with van der Waals surface area (Å²) in [6, 6.07) is 6.07. The van der Waals surface area contributed by atoms with E-state index in [1.807, 2.05) is 0 Å². The summed E-state index contributed by atoms with van der Waals surface area (Å²) in [5.74, 6) is -0.439. The summed E-state index contributed by atoms with van der Waals surface area (Å²) >= 11 is 4.78. The van der Waals surface area contributed by atoms with Crippen molar-refractivity contribution >= 4 is 33.1 Å². The number of benzene rings is 1. The monoisotopic (exact) mass is 287 g/mol. The number of carbonyl (C=O) groups excluding carboxylic acids is 1. The lowest BCUT2D eigenvalue weighted by Gasteiger charge is -2.09. The van der Waals surface area contributed by atoms with Gasteiger partial charge in [-0.3, -0.25) is 4.79 Å². The number of hydrogen-bond acceptors (Lipinski definition) is 4. The first-order valence-electron chi connectivity index (χ1n) is 4.97. The maximum atomic E-state index is 12.0. The van der Waals surface area contributed by atoms with Crippen molar-refractivity contribution in [3.05, 3.63) is 29.8 Å². The topological polar surface area (TPSA) is 101 Å². The first kappa shape index (κ1) is 14.6. The average molecular weight is 287 g/mol. The van der Waals surface area contributed by atoms with Gasteiger partial charge in [0, 0.05) is 12.6 Å². The maximum Gasteiger partial charge on any atom is 0.241 e. The Morgan fingerprint density at radius 3 is 2.56 bits per heavy atom. The Kier molecular flexibility index (Phi) is 4.76. The quantitative estimate of drug-likeness (QED) is 0.624. The molecule has 0 aromatic heterocycles. The number of nitrogens with two attached hydrogens (primary N) is 1. The standard InChI is InChI=1S/C10H13N3O3S2/c1-12-9(14)6-13-18(15,16)8-5-3-2-4-7(8)10(11)17/h2-5,13H,6H2,1H3,(H2,11,17)(H,12,14). The fourth-order valence-electron chi connectivity index (χ4n) is 1.23. The number of likely N-dealkylation sites (N-methyl/N-ethyl adjacent to an activating group) is 1. The van der Waals surface area contributed by atoms with Gasteiger partial charge in [0.1, 0.15) is 4.99 Å². The van der Waals surface area contributed by atoms with Crippen LogP contribution in [0.4, 0.5) is 0 Å². The van der Waals surface area contributed by atoms with Crippen LogP contribution in [-0.2, 0) is 14.8 Å².